The fourth-order valence-corrected chi connectivity index (χ4v) is 3.45. The molecule has 0 radical (unpaired) electrons. The molecule has 0 fully saturated rings. The van der Waals surface area contributed by atoms with Gasteiger partial charge in [0.2, 0.25) is 10.0 Å². The van der Waals surface area contributed by atoms with Crippen molar-refractivity contribution in [2.75, 3.05) is 7.05 Å². The summed E-state index contributed by atoms with van der Waals surface area (Å²) in [5, 5.41) is 6.46. The molecule has 112 valence electrons. The van der Waals surface area contributed by atoms with Crippen LogP contribution < -0.4 is 5.73 Å². The van der Waals surface area contributed by atoms with E-state index in [4.69, 9.17) is 18.0 Å². The van der Waals surface area contributed by atoms with Crippen LogP contribution in [0, 0.1) is 6.92 Å². The van der Waals surface area contributed by atoms with Crippen LogP contribution in [0.2, 0.25) is 0 Å². The first-order valence-corrected chi connectivity index (χ1v) is 8.01. The Hall–Kier alpha value is -1.77. The van der Waals surface area contributed by atoms with Crippen LogP contribution in [0.15, 0.2) is 35.5 Å². The minimum atomic E-state index is -3.58. The maximum absolute atomic E-state index is 12.6. The van der Waals surface area contributed by atoms with Gasteiger partial charge >= 0.3 is 0 Å². The molecule has 0 bridgehead atoms. The van der Waals surface area contributed by atoms with E-state index in [9.17, 15) is 8.42 Å². The molecule has 0 amide bonds. The maximum atomic E-state index is 12.6. The van der Waals surface area contributed by atoms with Gasteiger partial charge in [0.15, 0.2) is 0 Å². The van der Waals surface area contributed by atoms with Crippen LogP contribution in [-0.2, 0) is 16.6 Å². The fourth-order valence-electron chi connectivity index (χ4n) is 1.97. The summed E-state index contributed by atoms with van der Waals surface area (Å²) in [6, 6.07) is 4.83. The number of nitrogens with two attached hydrogens (primary N) is 1. The number of H-pyrrole nitrogens is 1. The number of sulfonamides is 1. The van der Waals surface area contributed by atoms with E-state index in [2.05, 4.69) is 10.2 Å². The number of nitrogens with zero attached hydrogens (tertiary/aromatic N) is 2. The molecule has 0 saturated heterocycles. The molecule has 0 saturated carbocycles. The second-order valence-corrected chi connectivity index (χ2v) is 7.17. The van der Waals surface area contributed by atoms with E-state index in [1.165, 1.54) is 17.4 Å². The van der Waals surface area contributed by atoms with Crippen LogP contribution in [0.5, 0.6) is 0 Å². The third-order valence-electron chi connectivity index (χ3n) is 3.11. The second-order valence-electron chi connectivity index (χ2n) is 4.71. The first kappa shape index (κ1) is 15.6. The van der Waals surface area contributed by atoms with Gasteiger partial charge in [-0.1, -0.05) is 18.3 Å². The van der Waals surface area contributed by atoms with Crippen LogP contribution >= 0.6 is 12.2 Å². The molecule has 2 aromatic rings. The largest absolute Gasteiger partial charge is 0.389 e. The third-order valence-corrected chi connectivity index (χ3v) is 5.31. The monoisotopic (exact) mass is 324 g/mol. The Morgan fingerprint density at radius 3 is 2.71 bits per heavy atom. The molecule has 6 nitrogen and oxygen atoms in total. The van der Waals surface area contributed by atoms with E-state index < -0.39 is 10.0 Å². The summed E-state index contributed by atoms with van der Waals surface area (Å²) in [6.07, 6.45) is 3.25. The first-order chi connectivity index (χ1) is 9.82. The first-order valence-electron chi connectivity index (χ1n) is 6.17. The van der Waals surface area contributed by atoms with E-state index in [-0.39, 0.29) is 16.4 Å². The van der Waals surface area contributed by atoms with Crippen LogP contribution in [0.1, 0.15) is 16.7 Å². The summed E-state index contributed by atoms with van der Waals surface area (Å²) in [7, 11) is -2.05. The molecule has 0 spiro atoms. The SMILES string of the molecule is Cc1cc(C(N)=S)ccc1S(=O)(=O)N(C)Cc1cn[nH]c1. The zero-order valence-corrected chi connectivity index (χ0v) is 13.3. The molecule has 0 aliphatic rings. The minimum Gasteiger partial charge on any atom is -0.389 e. The molecule has 0 aliphatic heterocycles. The van der Waals surface area contributed by atoms with Crippen LogP contribution in [0.3, 0.4) is 0 Å². The average molecular weight is 324 g/mol. The van der Waals surface area contributed by atoms with Crippen molar-refractivity contribution < 1.29 is 8.42 Å². The molecule has 0 aliphatic carbocycles. The molecule has 8 heteroatoms. The molecule has 2 rings (SSSR count). The van der Waals surface area contributed by atoms with Crippen LogP contribution in [0.4, 0.5) is 0 Å². The van der Waals surface area contributed by atoms with Crippen molar-refractivity contribution in [3.05, 3.63) is 47.3 Å². The van der Waals surface area contributed by atoms with Crippen molar-refractivity contribution in [1.82, 2.24) is 14.5 Å². The Morgan fingerprint density at radius 1 is 1.48 bits per heavy atom. The van der Waals surface area contributed by atoms with Crippen LogP contribution in [-0.4, -0.2) is 35.0 Å². The van der Waals surface area contributed by atoms with E-state index in [1.54, 1.807) is 31.5 Å². The summed E-state index contributed by atoms with van der Waals surface area (Å²) in [6.45, 7) is 1.97. The zero-order chi connectivity index (χ0) is 15.6. The molecule has 1 aromatic carbocycles. The highest BCUT2D eigenvalue weighted by Gasteiger charge is 2.23. The number of aromatic nitrogens is 2. The molecule has 1 heterocycles. The lowest BCUT2D eigenvalue weighted by Crippen LogP contribution is -2.27. The van der Waals surface area contributed by atoms with E-state index in [1.807, 2.05) is 0 Å². The molecule has 3 N–H and O–H groups in total. The van der Waals surface area contributed by atoms with Gasteiger partial charge in [-0.15, -0.1) is 0 Å². The van der Waals surface area contributed by atoms with Gasteiger partial charge in [0.25, 0.3) is 0 Å². The van der Waals surface area contributed by atoms with Gasteiger partial charge in [-0.2, -0.15) is 9.40 Å². The van der Waals surface area contributed by atoms with Gasteiger partial charge in [-0.05, 0) is 24.6 Å². The van der Waals surface area contributed by atoms with Crippen molar-refractivity contribution in [3.63, 3.8) is 0 Å². The Labute approximate surface area is 129 Å². The summed E-state index contributed by atoms with van der Waals surface area (Å²) in [4.78, 5) is 0.488. The molecule has 0 atom stereocenters. The zero-order valence-electron chi connectivity index (χ0n) is 11.7. The van der Waals surface area contributed by atoms with Crippen molar-refractivity contribution >= 4 is 27.2 Å². The number of hydrogen-bond acceptors (Lipinski definition) is 4. The fraction of sp³-hybridized carbons (Fsp3) is 0.231. The smallest absolute Gasteiger partial charge is 0.243 e. The summed E-state index contributed by atoms with van der Waals surface area (Å²) < 4.78 is 26.5. The van der Waals surface area contributed by atoms with Gasteiger partial charge in [0.05, 0.1) is 11.1 Å². The number of aromatic amines is 1. The second kappa shape index (κ2) is 5.92. The molecule has 0 unspecified atom stereocenters. The highest BCUT2D eigenvalue weighted by molar-refractivity contribution is 7.89. The van der Waals surface area contributed by atoms with Gasteiger partial charge in [-0.25, -0.2) is 8.42 Å². The summed E-state index contributed by atoms with van der Waals surface area (Å²) in [5.74, 6) is 0. The highest BCUT2D eigenvalue weighted by atomic mass is 32.2. The predicted molar refractivity (Wildman–Crippen MR) is 84.3 cm³/mol. The topological polar surface area (TPSA) is 92.1 Å². The molecular formula is C13H16N4O2S2. The average Bonchev–Trinajstić information content (AvgIpc) is 2.90. The van der Waals surface area contributed by atoms with Crippen molar-refractivity contribution in [3.8, 4) is 0 Å². The number of nitrogens with one attached hydrogen (secondary N) is 1. The summed E-state index contributed by atoms with van der Waals surface area (Å²) >= 11 is 4.89. The van der Waals surface area contributed by atoms with Crippen LogP contribution in [0.25, 0.3) is 0 Å². The lowest BCUT2D eigenvalue weighted by molar-refractivity contribution is 0.466. The number of benzene rings is 1. The van der Waals surface area contributed by atoms with Crippen molar-refractivity contribution in [2.45, 2.75) is 18.4 Å². The Balaban J connectivity index is 2.33. The van der Waals surface area contributed by atoms with Gasteiger partial charge in [-0.3, -0.25) is 5.10 Å². The van der Waals surface area contributed by atoms with Gasteiger partial charge in [0, 0.05) is 30.9 Å². The molecule has 1 aromatic heterocycles. The van der Waals surface area contributed by atoms with Crippen molar-refractivity contribution in [1.29, 1.82) is 0 Å². The number of thiocarbonyl (C=S) groups is 1. The van der Waals surface area contributed by atoms with E-state index in [0.717, 1.165) is 5.56 Å². The van der Waals surface area contributed by atoms with Gasteiger partial charge in [0.1, 0.15) is 4.99 Å². The minimum absolute atomic E-state index is 0.244. The lowest BCUT2D eigenvalue weighted by Gasteiger charge is -2.18. The normalized spacial score (nSPS) is 11.8. The number of hydrogen-bond donors (Lipinski definition) is 2. The maximum Gasteiger partial charge on any atom is 0.243 e. The highest BCUT2D eigenvalue weighted by Crippen LogP contribution is 2.21. The predicted octanol–water partition coefficient (Wildman–Crippen LogP) is 1.17. The standard InChI is InChI=1S/C13H16N4O2S2/c1-9-5-11(13(14)20)3-4-12(9)21(18,19)17(2)8-10-6-15-16-7-10/h3-7H,8H2,1-2H3,(H2,14,20)(H,15,16). The third kappa shape index (κ3) is 3.29. The Bertz CT molecular complexity index is 754. The summed E-state index contributed by atoms with van der Waals surface area (Å²) in [5.41, 5.74) is 7.61. The Morgan fingerprint density at radius 2 is 2.19 bits per heavy atom. The molecule has 21 heavy (non-hydrogen) atoms. The van der Waals surface area contributed by atoms with E-state index >= 15 is 0 Å². The number of aryl methyl sites for hydroxylation is 1. The lowest BCUT2D eigenvalue weighted by atomic mass is 10.1. The number of rotatable bonds is 5. The quantitative estimate of drug-likeness (QED) is 0.806. The Kier molecular flexibility index (Phi) is 4.40. The van der Waals surface area contributed by atoms with Crippen molar-refractivity contribution in [2.24, 2.45) is 5.73 Å². The molecular weight excluding hydrogens is 308 g/mol. The van der Waals surface area contributed by atoms with E-state index in [0.29, 0.717) is 11.1 Å². The van der Waals surface area contributed by atoms with Gasteiger partial charge < -0.3 is 5.73 Å².